The lowest BCUT2D eigenvalue weighted by atomic mass is 9.90. The van der Waals surface area contributed by atoms with Gasteiger partial charge in [-0.2, -0.15) is 0 Å². The summed E-state index contributed by atoms with van der Waals surface area (Å²) in [6.45, 7) is 2.72. The van der Waals surface area contributed by atoms with Gasteiger partial charge in [-0.3, -0.25) is 19.8 Å². The SMILES string of the molecule is CC(=O)C(C)=C=CC(=O)c1ccc(C(=O)C(=N)c2cc(-c3ccc(F)c(F)c3)ccc2C(=O)O)c(C(=O)O)c1. The van der Waals surface area contributed by atoms with Crippen molar-refractivity contribution in [1.82, 2.24) is 0 Å². The van der Waals surface area contributed by atoms with Crippen LogP contribution in [0.25, 0.3) is 11.1 Å². The van der Waals surface area contributed by atoms with Crippen molar-refractivity contribution in [3.05, 3.63) is 111 Å². The molecule has 0 saturated heterocycles. The van der Waals surface area contributed by atoms with Crippen LogP contribution < -0.4 is 0 Å². The molecular formula is C29H19F2NO7. The lowest BCUT2D eigenvalue weighted by molar-refractivity contribution is -0.113. The molecule has 0 aliphatic heterocycles. The Labute approximate surface area is 220 Å². The molecule has 0 atom stereocenters. The highest BCUT2D eigenvalue weighted by Crippen LogP contribution is 2.26. The molecule has 0 bridgehead atoms. The number of allylic oxidation sites excluding steroid dienone is 1. The Balaban J connectivity index is 2.08. The van der Waals surface area contributed by atoms with Crippen molar-refractivity contribution in [3.63, 3.8) is 0 Å². The number of carbonyl (C=O) groups excluding carboxylic acids is 3. The number of benzene rings is 3. The zero-order valence-electron chi connectivity index (χ0n) is 20.5. The molecule has 3 rings (SSSR count). The summed E-state index contributed by atoms with van der Waals surface area (Å²) in [7, 11) is 0. The van der Waals surface area contributed by atoms with E-state index in [2.05, 4.69) is 5.73 Å². The molecule has 0 amide bonds. The fraction of sp³-hybridized carbons (Fsp3) is 0.0690. The van der Waals surface area contributed by atoms with Crippen LogP contribution in [-0.2, 0) is 4.79 Å². The van der Waals surface area contributed by atoms with E-state index in [1.54, 1.807) is 0 Å². The number of carboxylic acids is 2. The van der Waals surface area contributed by atoms with Gasteiger partial charge in [0.2, 0.25) is 5.78 Å². The second-order valence-electron chi connectivity index (χ2n) is 8.30. The van der Waals surface area contributed by atoms with E-state index < -0.39 is 57.5 Å². The highest BCUT2D eigenvalue weighted by Gasteiger charge is 2.26. The number of ketones is 3. The van der Waals surface area contributed by atoms with Gasteiger partial charge in [0.05, 0.1) is 11.1 Å². The van der Waals surface area contributed by atoms with E-state index in [1.807, 2.05) is 0 Å². The molecule has 0 heterocycles. The molecule has 0 aliphatic rings. The van der Waals surface area contributed by atoms with Gasteiger partial charge in [-0.05, 0) is 61.4 Å². The topological polar surface area (TPSA) is 150 Å². The normalized spacial score (nSPS) is 10.3. The van der Waals surface area contributed by atoms with Crippen LogP contribution in [0, 0.1) is 17.0 Å². The van der Waals surface area contributed by atoms with Gasteiger partial charge in [0, 0.05) is 28.3 Å². The van der Waals surface area contributed by atoms with Crippen LogP contribution in [0.4, 0.5) is 8.78 Å². The molecule has 0 saturated carbocycles. The molecule has 8 nitrogen and oxygen atoms in total. The quantitative estimate of drug-likeness (QED) is 0.150. The summed E-state index contributed by atoms with van der Waals surface area (Å²) in [4.78, 5) is 60.7. The Kier molecular flexibility index (Phi) is 8.23. The van der Waals surface area contributed by atoms with Gasteiger partial charge < -0.3 is 10.2 Å². The molecule has 0 aliphatic carbocycles. The molecule has 0 spiro atoms. The lowest BCUT2D eigenvalue weighted by Gasteiger charge is -2.12. The molecule has 3 aromatic rings. The van der Waals surface area contributed by atoms with Crippen LogP contribution in [0.3, 0.4) is 0 Å². The lowest BCUT2D eigenvalue weighted by Crippen LogP contribution is -2.21. The van der Waals surface area contributed by atoms with E-state index in [1.165, 1.54) is 26.0 Å². The average molecular weight is 531 g/mol. The summed E-state index contributed by atoms with van der Waals surface area (Å²) < 4.78 is 27.1. The second kappa shape index (κ2) is 11.4. The molecule has 39 heavy (non-hydrogen) atoms. The Bertz CT molecular complexity index is 1660. The first-order chi connectivity index (χ1) is 18.3. The molecular weight excluding hydrogens is 512 g/mol. The zero-order chi connectivity index (χ0) is 29.0. The monoisotopic (exact) mass is 531 g/mol. The number of nitrogens with one attached hydrogen (secondary N) is 1. The fourth-order valence-electron chi connectivity index (χ4n) is 3.48. The third-order valence-electron chi connectivity index (χ3n) is 5.73. The first-order valence-electron chi connectivity index (χ1n) is 11.1. The molecule has 3 aromatic carbocycles. The zero-order valence-corrected chi connectivity index (χ0v) is 20.5. The van der Waals surface area contributed by atoms with Crippen LogP contribution in [0.5, 0.6) is 0 Å². The predicted molar refractivity (Wildman–Crippen MR) is 136 cm³/mol. The summed E-state index contributed by atoms with van der Waals surface area (Å²) in [5, 5.41) is 27.7. The minimum absolute atomic E-state index is 0.133. The van der Waals surface area contributed by atoms with Crippen molar-refractivity contribution in [2.75, 3.05) is 0 Å². The molecule has 0 aromatic heterocycles. The van der Waals surface area contributed by atoms with Crippen molar-refractivity contribution in [1.29, 1.82) is 5.41 Å². The first kappa shape index (κ1) is 28.2. The highest BCUT2D eigenvalue weighted by atomic mass is 19.2. The second-order valence-corrected chi connectivity index (χ2v) is 8.30. The Morgan fingerprint density at radius 1 is 0.744 bits per heavy atom. The first-order valence-corrected chi connectivity index (χ1v) is 11.1. The van der Waals surface area contributed by atoms with Gasteiger partial charge in [0.1, 0.15) is 5.71 Å². The van der Waals surface area contributed by atoms with E-state index >= 15 is 0 Å². The average Bonchev–Trinajstić information content (AvgIpc) is 2.91. The van der Waals surface area contributed by atoms with Crippen LogP contribution in [0.15, 0.2) is 72.0 Å². The van der Waals surface area contributed by atoms with E-state index in [0.717, 1.165) is 48.5 Å². The van der Waals surface area contributed by atoms with Crippen LogP contribution >= 0.6 is 0 Å². The van der Waals surface area contributed by atoms with Gasteiger partial charge in [-0.25, -0.2) is 18.4 Å². The maximum absolute atomic E-state index is 13.7. The minimum Gasteiger partial charge on any atom is -0.478 e. The van der Waals surface area contributed by atoms with E-state index in [-0.39, 0.29) is 33.6 Å². The number of carbonyl (C=O) groups is 5. The summed E-state index contributed by atoms with van der Waals surface area (Å²) >= 11 is 0. The molecule has 3 N–H and O–H groups in total. The number of hydrogen-bond acceptors (Lipinski definition) is 6. The molecule has 196 valence electrons. The minimum atomic E-state index is -1.59. The van der Waals surface area contributed by atoms with Gasteiger partial charge >= 0.3 is 11.9 Å². The third kappa shape index (κ3) is 6.15. The van der Waals surface area contributed by atoms with Gasteiger partial charge in [-0.15, -0.1) is 5.73 Å². The van der Waals surface area contributed by atoms with E-state index in [9.17, 15) is 43.0 Å². The van der Waals surface area contributed by atoms with Crippen molar-refractivity contribution in [2.24, 2.45) is 0 Å². The number of halogens is 2. The van der Waals surface area contributed by atoms with E-state index in [4.69, 9.17) is 5.41 Å². The van der Waals surface area contributed by atoms with Crippen LogP contribution in [0.2, 0.25) is 0 Å². The number of rotatable bonds is 9. The Morgan fingerprint density at radius 2 is 1.33 bits per heavy atom. The molecule has 0 radical (unpaired) electrons. The molecule has 0 fully saturated rings. The number of hydrogen-bond donors (Lipinski definition) is 3. The summed E-state index contributed by atoms with van der Waals surface area (Å²) in [5.41, 5.74) is 0.0103. The molecule has 10 heteroatoms. The smallest absolute Gasteiger partial charge is 0.336 e. The number of aromatic carboxylic acids is 2. The van der Waals surface area contributed by atoms with E-state index in [0.29, 0.717) is 0 Å². The van der Waals surface area contributed by atoms with Crippen LogP contribution in [0.1, 0.15) is 60.8 Å². The predicted octanol–water partition coefficient (Wildman–Crippen LogP) is 5.15. The Morgan fingerprint density at radius 3 is 1.92 bits per heavy atom. The maximum Gasteiger partial charge on any atom is 0.336 e. The number of carboxylic acid groups (broad SMARTS) is 2. The fourth-order valence-corrected chi connectivity index (χ4v) is 3.48. The van der Waals surface area contributed by atoms with Gasteiger partial charge in [0.25, 0.3) is 0 Å². The largest absolute Gasteiger partial charge is 0.478 e. The standard InChI is InChI=1S/C29H19F2NO7/c1-14(15(2)33)3-10-25(34)18-5-7-19(22(12-18)29(38)39)27(35)26(32)21-11-16(4-8-20(21)28(36)37)17-6-9-23(30)24(31)13-17/h4-13,32H,1-2H3,(H,36,37)(H,38,39). The summed E-state index contributed by atoms with van der Waals surface area (Å²) in [5.74, 6) is -7.51. The van der Waals surface area contributed by atoms with Gasteiger partial charge in [-0.1, -0.05) is 18.2 Å². The highest BCUT2D eigenvalue weighted by molar-refractivity contribution is 6.52. The summed E-state index contributed by atoms with van der Waals surface area (Å²) in [6, 6.07) is 9.53. The van der Waals surface area contributed by atoms with Crippen molar-refractivity contribution >= 4 is 35.0 Å². The van der Waals surface area contributed by atoms with Gasteiger partial charge in [0.15, 0.2) is 23.2 Å². The summed E-state index contributed by atoms with van der Waals surface area (Å²) in [6.07, 6.45) is 0.949. The van der Waals surface area contributed by atoms with Crippen molar-refractivity contribution in [2.45, 2.75) is 13.8 Å². The Hall–Kier alpha value is -5.34. The number of Topliss-reactive ketones (excluding diaryl/α,β-unsaturated/α-hetero) is 2. The third-order valence-corrected chi connectivity index (χ3v) is 5.73. The molecule has 0 unspecified atom stereocenters. The van der Waals surface area contributed by atoms with Crippen molar-refractivity contribution < 1.29 is 43.0 Å². The van der Waals surface area contributed by atoms with Crippen LogP contribution in [-0.4, -0.2) is 45.2 Å². The van der Waals surface area contributed by atoms with Crippen molar-refractivity contribution in [3.8, 4) is 11.1 Å². The maximum atomic E-state index is 13.7.